The Morgan fingerprint density at radius 1 is 0.373 bits per heavy atom. The Balaban J connectivity index is 1.21. The molecule has 0 bridgehead atoms. The second-order valence-corrected chi connectivity index (χ2v) is 12.8. The molecule has 3 aromatic heterocycles. The summed E-state index contributed by atoms with van der Waals surface area (Å²) >= 11 is 0. The van der Waals surface area contributed by atoms with E-state index in [1.165, 1.54) is 16.2 Å². The fourth-order valence-corrected chi connectivity index (χ4v) is 7.58. The summed E-state index contributed by atoms with van der Waals surface area (Å²) in [6.07, 6.45) is 3.72. The predicted octanol–water partition coefficient (Wildman–Crippen LogP) is 12.4. The van der Waals surface area contributed by atoms with Crippen molar-refractivity contribution >= 4 is 71.3 Å². The monoisotopic (exact) mass is 650 g/mol. The van der Waals surface area contributed by atoms with Crippen molar-refractivity contribution in [3.8, 4) is 22.4 Å². The molecule has 0 spiro atoms. The highest BCUT2D eigenvalue weighted by Gasteiger charge is 2.20. The van der Waals surface area contributed by atoms with Crippen LogP contribution in [0.3, 0.4) is 0 Å². The van der Waals surface area contributed by atoms with Crippen molar-refractivity contribution in [2.45, 2.75) is 0 Å². The van der Waals surface area contributed by atoms with Crippen molar-refractivity contribution in [1.29, 1.82) is 0 Å². The minimum absolute atomic E-state index is 0.915. The highest BCUT2D eigenvalue weighted by atomic mass is 15.1. The maximum absolute atomic E-state index is 5.58. The van der Waals surface area contributed by atoms with Crippen molar-refractivity contribution < 1.29 is 0 Å². The molecule has 0 saturated heterocycles. The molecule has 238 valence electrons. The van der Waals surface area contributed by atoms with E-state index in [0.717, 1.165) is 77.5 Å². The van der Waals surface area contributed by atoms with Gasteiger partial charge in [-0.3, -0.25) is 9.97 Å². The lowest BCUT2D eigenvalue weighted by atomic mass is 9.93. The topological polar surface area (TPSA) is 41.9 Å². The molecule has 0 aliphatic heterocycles. The number of anilines is 3. The molecular formula is C47H30N4. The first kappa shape index (κ1) is 29.0. The van der Waals surface area contributed by atoms with E-state index in [2.05, 4.69) is 174 Å². The molecular weight excluding hydrogens is 621 g/mol. The van der Waals surface area contributed by atoms with Crippen LogP contribution in [-0.2, 0) is 0 Å². The molecule has 0 aliphatic rings. The van der Waals surface area contributed by atoms with Crippen LogP contribution in [0.1, 0.15) is 0 Å². The van der Waals surface area contributed by atoms with Crippen molar-refractivity contribution in [3.05, 3.63) is 182 Å². The number of pyridine rings is 3. The normalized spacial score (nSPS) is 11.5. The number of fused-ring (bicyclic) bond motifs is 8. The van der Waals surface area contributed by atoms with Crippen LogP contribution in [0.5, 0.6) is 0 Å². The van der Waals surface area contributed by atoms with Gasteiger partial charge in [0.25, 0.3) is 0 Å². The molecule has 0 aliphatic carbocycles. The summed E-state index contributed by atoms with van der Waals surface area (Å²) in [5.41, 5.74) is 10.2. The molecule has 0 saturated carbocycles. The van der Waals surface area contributed by atoms with Crippen LogP contribution in [0.15, 0.2) is 182 Å². The summed E-state index contributed by atoms with van der Waals surface area (Å²) in [5, 5.41) is 8.06. The summed E-state index contributed by atoms with van der Waals surface area (Å²) in [4.78, 5) is 17.3. The van der Waals surface area contributed by atoms with Crippen molar-refractivity contribution in [2.75, 3.05) is 4.90 Å². The highest BCUT2D eigenvalue weighted by Crippen LogP contribution is 2.43. The first-order chi connectivity index (χ1) is 25.3. The van der Waals surface area contributed by atoms with Gasteiger partial charge in [-0.25, -0.2) is 4.98 Å². The van der Waals surface area contributed by atoms with Crippen LogP contribution in [0, 0.1) is 0 Å². The summed E-state index contributed by atoms with van der Waals surface area (Å²) in [5.74, 6) is 0. The molecule has 0 fully saturated rings. The summed E-state index contributed by atoms with van der Waals surface area (Å²) < 4.78 is 0. The molecule has 0 N–H and O–H groups in total. The number of benzene rings is 7. The van der Waals surface area contributed by atoms with Crippen molar-refractivity contribution in [2.24, 2.45) is 0 Å². The highest BCUT2D eigenvalue weighted by molar-refractivity contribution is 6.24. The number of hydrogen-bond acceptors (Lipinski definition) is 4. The standard InChI is InChI=1S/C47H30N4/c1-3-13-35(14-4-1)51(36-15-5-2-6-16-36)42-19-9-18-40-43-38-17-8-7-11-31(38)24-27-41(43)44(50-46(40)42)34-22-20-32(21-23-34)37-28-30-49-47-39(37)26-25-33-12-10-29-48-45(33)47/h1-30H. The summed E-state index contributed by atoms with van der Waals surface area (Å²) in [6.45, 7) is 0. The lowest BCUT2D eigenvalue weighted by molar-refractivity contribution is 1.28. The first-order valence-electron chi connectivity index (χ1n) is 17.2. The van der Waals surface area contributed by atoms with Gasteiger partial charge in [-0.05, 0) is 64.4 Å². The lowest BCUT2D eigenvalue weighted by Crippen LogP contribution is -2.11. The molecule has 0 unspecified atom stereocenters. The van der Waals surface area contributed by atoms with E-state index in [9.17, 15) is 0 Å². The fourth-order valence-electron chi connectivity index (χ4n) is 7.58. The first-order valence-corrected chi connectivity index (χ1v) is 17.2. The van der Waals surface area contributed by atoms with E-state index in [1.807, 2.05) is 18.5 Å². The number of hydrogen-bond donors (Lipinski definition) is 0. The predicted molar refractivity (Wildman–Crippen MR) is 213 cm³/mol. The Kier molecular flexibility index (Phi) is 6.78. The molecule has 4 heteroatoms. The zero-order valence-electron chi connectivity index (χ0n) is 27.6. The number of aromatic nitrogens is 3. The molecule has 0 amide bonds. The molecule has 7 aromatic carbocycles. The average Bonchev–Trinajstić information content (AvgIpc) is 3.21. The smallest absolute Gasteiger partial charge is 0.0970 e. The molecule has 4 nitrogen and oxygen atoms in total. The van der Waals surface area contributed by atoms with E-state index in [4.69, 9.17) is 9.97 Å². The van der Waals surface area contributed by atoms with Crippen molar-refractivity contribution in [3.63, 3.8) is 0 Å². The van der Waals surface area contributed by atoms with Crippen LogP contribution in [0.2, 0.25) is 0 Å². The third-order valence-corrected chi connectivity index (χ3v) is 9.91. The van der Waals surface area contributed by atoms with Gasteiger partial charge in [-0.1, -0.05) is 127 Å². The molecule has 10 aromatic rings. The van der Waals surface area contributed by atoms with Gasteiger partial charge in [-0.2, -0.15) is 0 Å². The second-order valence-electron chi connectivity index (χ2n) is 12.8. The maximum atomic E-state index is 5.58. The quantitative estimate of drug-likeness (QED) is 0.174. The molecule has 0 atom stereocenters. The third kappa shape index (κ3) is 4.80. The van der Waals surface area contributed by atoms with Crippen molar-refractivity contribution in [1.82, 2.24) is 15.0 Å². The molecule has 51 heavy (non-hydrogen) atoms. The number of nitrogens with zero attached hydrogens (tertiary/aromatic N) is 4. The van der Waals surface area contributed by atoms with Crippen LogP contribution in [-0.4, -0.2) is 15.0 Å². The molecule has 10 rings (SSSR count). The Morgan fingerprint density at radius 3 is 1.82 bits per heavy atom. The van der Waals surface area contributed by atoms with Gasteiger partial charge in [-0.15, -0.1) is 0 Å². The maximum Gasteiger partial charge on any atom is 0.0970 e. The van der Waals surface area contributed by atoms with E-state index >= 15 is 0 Å². The SMILES string of the molecule is c1ccc(N(c2ccccc2)c2cccc3c2nc(-c2ccc(-c4ccnc5c4ccc4cccnc45)cc2)c2ccc4ccccc4c23)cc1. The molecule has 3 heterocycles. The minimum atomic E-state index is 0.915. The fraction of sp³-hybridized carbons (Fsp3) is 0. The van der Waals surface area contributed by atoms with Gasteiger partial charge < -0.3 is 4.90 Å². The Morgan fingerprint density at radius 2 is 1.02 bits per heavy atom. The Labute approximate surface area is 294 Å². The number of rotatable bonds is 5. The molecule has 0 radical (unpaired) electrons. The van der Waals surface area contributed by atoms with Crippen LogP contribution in [0.25, 0.3) is 76.6 Å². The lowest BCUT2D eigenvalue weighted by Gasteiger charge is -2.27. The van der Waals surface area contributed by atoms with Crippen LogP contribution >= 0.6 is 0 Å². The zero-order chi connectivity index (χ0) is 33.7. The van der Waals surface area contributed by atoms with Crippen LogP contribution in [0.4, 0.5) is 17.1 Å². The number of para-hydroxylation sites is 3. The largest absolute Gasteiger partial charge is 0.308 e. The van der Waals surface area contributed by atoms with Gasteiger partial charge in [0.2, 0.25) is 0 Å². The van der Waals surface area contributed by atoms with Crippen LogP contribution < -0.4 is 4.90 Å². The van der Waals surface area contributed by atoms with Gasteiger partial charge in [0, 0.05) is 56.3 Å². The van der Waals surface area contributed by atoms with Gasteiger partial charge >= 0.3 is 0 Å². The summed E-state index contributed by atoms with van der Waals surface area (Å²) in [7, 11) is 0. The van der Waals surface area contributed by atoms with E-state index < -0.39 is 0 Å². The van der Waals surface area contributed by atoms with Gasteiger partial charge in [0.15, 0.2) is 0 Å². The Bertz CT molecular complexity index is 2860. The third-order valence-electron chi connectivity index (χ3n) is 9.91. The van der Waals surface area contributed by atoms with Gasteiger partial charge in [0.05, 0.1) is 27.9 Å². The minimum Gasteiger partial charge on any atom is -0.308 e. The second kappa shape index (κ2) is 11.9. The summed E-state index contributed by atoms with van der Waals surface area (Å²) in [6, 6.07) is 60.0. The van der Waals surface area contributed by atoms with E-state index in [1.54, 1.807) is 0 Å². The van der Waals surface area contributed by atoms with Gasteiger partial charge in [0.1, 0.15) is 0 Å². The average molecular weight is 651 g/mol. The zero-order valence-corrected chi connectivity index (χ0v) is 27.6. The van der Waals surface area contributed by atoms with E-state index in [0.29, 0.717) is 0 Å². The van der Waals surface area contributed by atoms with E-state index in [-0.39, 0.29) is 0 Å². The Hall–Kier alpha value is -6.91.